The van der Waals surface area contributed by atoms with E-state index in [-0.39, 0.29) is 5.97 Å². The third-order valence-corrected chi connectivity index (χ3v) is 3.25. The van der Waals surface area contributed by atoms with Crippen molar-refractivity contribution in [1.82, 2.24) is 9.78 Å². The second-order valence-corrected chi connectivity index (χ2v) is 4.52. The maximum atomic E-state index is 11.7. The van der Waals surface area contributed by atoms with Crippen LogP contribution < -0.4 is 0 Å². The summed E-state index contributed by atoms with van der Waals surface area (Å²) in [5.74, 6) is -0.342. The first-order chi connectivity index (χ1) is 9.13. The Kier molecular flexibility index (Phi) is 4.22. The van der Waals surface area contributed by atoms with Crippen molar-refractivity contribution in [3.8, 4) is 0 Å². The Morgan fingerprint density at radius 1 is 1.42 bits per heavy atom. The molecule has 0 aliphatic rings. The highest BCUT2D eigenvalue weighted by molar-refractivity contribution is 6.31. The van der Waals surface area contributed by atoms with Crippen LogP contribution in [0.3, 0.4) is 0 Å². The number of hydrogen-bond acceptors (Lipinski definition) is 3. The van der Waals surface area contributed by atoms with Crippen LogP contribution in [0.5, 0.6) is 0 Å². The van der Waals surface area contributed by atoms with E-state index in [1.165, 1.54) is 6.20 Å². The van der Waals surface area contributed by atoms with Crippen LogP contribution in [0.1, 0.15) is 28.5 Å². The van der Waals surface area contributed by atoms with E-state index in [0.29, 0.717) is 23.7 Å². The summed E-state index contributed by atoms with van der Waals surface area (Å²) in [5, 5.41) is 4.90. The summed E-state index contributed by atoms with van der Waals surface area (Å²) in [7, 11) is 0. The van der Waals surface area contributed by atoms with Gasteiger partial charge in [0, 0.05) is 5.02 Å². The van der Waals surface area contributed by atoms with Gasteiger partial charge in [-0.2, -0.15) is 5.10 Å². The van der Waals surface area contributed by atoms with E-state index in [1.54, 1.807) is 11.6 Å². The van der Waals surface area contributed by atoms with Crippen LogP contribution in [-0.4, -0.2) is 22.4 Å². The number of esters is 1. The van der Waals surface area contributed by atoms with Crippen molar-refractivity contribution in [3.05, 3.63) is 52.3 Å². The van der Waals surface area contributed by atoms with Gasteiger partial charge in [0.2, 0.25) is 0 Å². The highest BCUT2D eigenvalue weighted by atomic mass is 35.5. The Balaban J connectivity index is 2.23. The van der Waals surface area contributed by atoms with Crippen molar-refractivity contribution < 1.29 is 9.53 Å². The fourth-order valence-corrected chi connectivity index (χ4v) is 2.00. The van der Waals surface area contributed by atoms with Gasteiger partial charge in [-0.25, -0.2) is 4.79 Å². The molecule has 2 aromatic rings. The number of ether oxygens (including phenoxy) is 1. The highest BCUT2D eigenvalue weighted by Gasteiger charge is 2.15. The summed E-state index contributed by atoms with van der Waals surface area (Å²) in [4.78, 5) is 11.7. The van der Waals surface area contributed by atoms with Gasteiger partial charge in [0.05, 0.1) is 25.0 Å². The number of aromatic nitrogens is 2. The summed E-state index contributed by atoms with van der Waals surface area (Å²) in [6.07, 6.45) is 1.53. The molecular formula is C14H15ClN2O2. The molecule has 0 amide bonds. The van der Waals surface area contributed by atoms with Gasteiger partial charge in [-0.1, -0.05) is 29.8 Å². The number of carbonyl (C=O) groups is 1. The summed E-state index contributed by atoms with van der Waals surface area (Å²) in [6.45, 7) is 4.51. The molecule has 1 aromatic heterocycles. The van der Waals surface area contributed by atoms with E-state index in [0.717, 1.165) is 11.3 Å². The minimum atomic E-state index is -0.342. The van der Waals surface area contributed by atoms with Crippen molar-refractivity contribution >= 4 is 17.6 Å². The van der Waals surface area contributed by atoms with Gasteiger partial charge in [-0.3, -0.25) is 4.68 Å². The van der Waals surface area contributed by atoms with Crippen molar-refractivity contribution in [2.75, 3.05) is 6.61 Å². The zero-order chi connectivity index (χ0) is 13.8. The van der Waals surface area contributed by atoms with Gasteiger partial charge in [-0.05, 0) is 25.5 Å². The molecule has 0 aliphatic heterocycles. The summed E-state index contributed by atoms with van der Waals surface area (Å²) < 4.78 is 6.72. The zero-order valence-corrected chi connectivity index (χ0v) is 11.6. The summed E-state index contributed by atoms with van der Waals surface area (Å²) in [6, 6.07) is 7.58. The van der Waals surface area contributed by atoms with E-state index >= 15 is 0 Å². The Morgan fingerprint density at radius 3 is 2.84 bits per heavy atom. The minimum absolute atomic E-state index is 0.342. The standard InChI is InChI=1S/C14H15ClN2O2/c1-3-19-14(18)12-8-16-17(10(12)2)9-11-6-4-5-7-13(11)15/h4-8H,3,9H2,1-2H3. The fraction of sp³-hybridized carbons (Fsp3) is 0.286. The van der Waals surface area contributed by atoms with E-state index in [1.807, 2.05) is 31.2 Å². The fourth-order valence-electron chi connectivity index (χ4n) is 1.80. The lowest BCUT2D eigenvalue weighted by Gasteiger charge is -2.07. The average molecular weight is 279 g/mol. The van der Waals surface area contributed by atoms with Gasteiger partial charge in [0.15, 0.2) is 0 Å². The van der Waals surface area contributed by atoms with E-state index < -0.39 is 0 Å². The second kappa shape index (κ2) is 5.89. The molecule has 2 rings (SSSR count). The van der Waals surface area contributed by atoms with Crippen molar-refractivity contribution in [2.24, 2.45) is 0 Å². The maximum absolute atomic E-state index is 11.7. The minimum Gasteiger partial charge on any atom is -0.462 e. The predicted molar refractivity (Wildman–Crippen MR) is 73.5 cm³/mol. The van der Waals surface area contributed by atoms with Crippen molar-refractivity contribution in [3.63, 3.8) is 0 Å². The first-order valence-corrected chi connectivity index (χ1v) is 6.44. The smallest absolute Gasteiger partial charge is 0.341 e. The quantitative estimate of drug-likeness (QED) is 0.808. The van der Waals surface area contributed by atoms with Crippen LogP contribution in [0.15, 0.2) is 30.5 Å². The second-order valence-electron chi connectivity index (χ2n) is 4.11. The van der Waals surface area contributed by atoms with Crippen LogP contribution in [0.25, 0.3) is 0 Å². The maximum Gasteiger partial charge on any atom is 0.341 e. The van der Waals surface area contributed by atoms with Gasteiger partial charge < -0.3 is 4.74 Å². The molecule has 1 aromatic carbocycles. The number of halogens is 1. The number of carbonyl (C=O) groups excluding carboxylic acids is 1. The number of hydrogen-bond donors (Lipinski definition) is 0. The molecule has 4 nitrogen and oxygen atoms in total. The number of nitrogens with zero attached hydrogens (tertiary/aromatic N) is 2. The first-order valence-electron chi connectivity index (χ1n) is 6.06. The molecule has 19 heavy (non-hydrogen) atoms. The first kappa shape index (κ1) is 13.6. The number of benzene rings is 1. The molecule has 0 N–H and O–H groups in total. The Hall–Kier alpha value is -1.81. The molecule has 0 fully saturated rings. The van der Waals surface area contributed by atoms with Crippen molar-refractivity contribution in [2.45, 2.75) is 20.4 Å². The average Bonchev–Trinajstić information content (AvgIpc) is 2.74. The van der Waals surface area contributed by atoms with Crippen LogP contribution in [-0.2, 0) is 11.3 Å². The van der Waals surface area contributed by atoms with Crippen LogP contribution in [0, 0.1) is 6.92 Å². The normalized spacial score (nSPS) is 10.5. The molecule has 0 bridgehead atoms. The lowest BCUT2D eigenvalue weighted by Crippen LogP contribution is -2.08. The molecule has 0 aliphatic carbocycles. The van der Waals surface area contributed by atoms with E-state index in [2.05, 4.69) is 5.10 Å². The summed E-state index contributed by atoms with van der Waals surface area (Å²) in [5.41, 5.74) is 2.23. The number of rotatable bonds is 4. The van der Waals surface area contributed by atoms with E-state index in [9.17, 15) is 4.79 Å². The van der Waals surface area contributed by atoms with E-state index in [4.69, 9.17) is 16.3 Å². The van der Waals surface area contributed by atoms with Crippen LogP contribution >= 0.6 is 11.6 Å². The highest BCUT2D eigenvalue weighted by Crippen LogP contribution is 2.18. The molecule has 0 atom stereocenters. The molecule has 100 valence electrons. The molecule has 0 saturated carbocycles. The lowest BCUT2D eigenvalue weighted by atomic mass is 10.2. The molecule has 0 saturated heterocycles. The molecular weight excluding hydrogens is 264 g/mol. The zero-order valence-electron chi connectivity index (χ0n) is 10.9. The molecule has 1 heterocycles. The molecule has 0 radical (unpaired) electrons. The Labute approximate surface area is 116 Å². The van der Waals surface area contributed by atoms with Gasteiger partial charge in [0.1, 0.15) is 5.56 Å². The van der Waals surface area contributed by atoms with Gasteiger partial charge in [0.25, 0.3) is 0 Å². The van der Waals surface area contributed by atoms with Crippen LogP contribution in [0.2, 0.25) is 5.02 Å². The topological polar surface area (TPSA) is 44.1 Å². The third kappa shape index (κ3) is 2.96. The third-order valence-electron chi connectivity index (χ3n) is 2.88. The lowest BCUT2D eigenvalue weighted by molar-refractivity contribution is 0.0525. The van der Waals surface area contributed by atoms with Gasteiger partial charge >= 0.3 is 5.97 Å². The Morgan fingerprint density at radius 2 is 2.16 bits per heavy atom. The monoisotopic (exact) mass is 278 g/mol. The summed E-state index contributed by atoms with van der Waals surface area (Å²) >= 11 is 6.11. The largest absolute Gasteiger partial charge is 0.462 e. The predicted octanol–water partition coefficient (Wildman–Crippen LogP) is 3.07. The SMILES string of the molecule is CCOC(=O)c1cnn(Cc2ccccc2Cl)c1C. The van der Waals surface area contributed by atoms with Crippen LogP contribution in [0.4, 0.5) is 0 Å². The molecule has 0 spiro atoms. The molecule has 0 unspecified atom stereocenters. The van der Waals surface area contributed by atoms with Gasteiger partial charge in [-0.15, -0.1) is 0 Å². The van der Waals surface area contributed by atoms with Crippen molar-refractivity contribution in [1.29, 1.82) is 0 Å². The Bertz CT molecular complexity index is 593. The molecule has 5 heteroatoms.